The molecule has 2 rings (SSSR count). The van der Waals surface area contributed by atoms with Crippen molar-refractivity contribution in [2.24, 2.45) is 0 Å². The molecule has 0 unspecified atom stereocenters. The molecule has 0 radical (unpaired) electrons. The smallest absolute Gasteiger partial charge is 0.262 e. The van der Waals surface area contributed by atoms with Crippen LogP contribution in [0.1, 0.15) is 61.0 Å². The summed E-state index contributed by atoms with van der Waals surface area (Å²) in [6.07, 6.45) is 0.692. The van der Waals surface area contributed by atoms with E-state index in [4.69, 9.17) is 14.2 Å². The van der Waals surface area contributed by atoms with Crippen LogP contribution in [0.2, 0.25) is 0 Å². The number of carbonyl (C=O) groups is 2. The number of hydrogen-bond acceptors (Lipinski definition) is 5. The molecule has 0 heterocycles. The van der Waals surface area contributed by atoms with Gasteiger partial charge in [0.25, 0.3) is 5.91 Å². The Morgan fingerprint density at radius 1 is 1.00 bits per heavy atom. The highest BCUT2D eigenvalue weighted by molar-refractivity contribution is 5.94. The van der Waals surface area contributed by atoms with Gasteiger partial charge in [-0.05, 0) is 35.1 Å². The fraction of sp³-hybridized carbons (Fsp3) is 0.391. The quantitative estimate of drug-likeness (QED) is 0.614. The molecule has 2 aromatic carbocycles. The molecule has 0 saturated heterocycles. The van der Waals surface area contributed by atoms with Crippen molar-refractivity contribution in [1.29, 1.82) is 0 Å². The first-order valence-electron chi connectivity index (χ1n) is 9.59. The van der Waals surface area contributed by atoms with Crippen molar-refractivity contribution in [2.45, 2.75) is 39.5 Å². The van der Waals surface area contributed by atoms with Crippen LogP contribution in [0.25, 0.3) is 0 Å². The van der Waals surface area contributed by atoms with E-state index < -0.39 is 0 Å². The number of ether oxygens (including phenoxy) is 3. The number of benzene rings is 2. The molecule has 6 heteroatoms. The number of nitrogens with one attached hydrogen (secondary N) is 1. The lowest BCUT2D eigenvalue weighted by atomic mass is 9.92. The molecule has 0 aliphatic heterocycles. The zero-order chi connectivity index (χ0) is 21.6. The van der Waals surface area contributed by atoms with Gasteiger partial charge in [0.05, 0.1) is 14.2 Å². The predicted octanol–water partition coefficient (Wildman–Crippen LogP) is 4.78. The van der Waals surface area contributed by atoms with Gasteiger partial charge < -0.3 is 19.5 Å². The van der Waals surface area contributed by atoms with Crippen molar-refractivity contribution in [3.05, 3.63) is 47.0 Å². The first-order valence-corrected chi connectivity index (χ1v) is 9.59. The topological polar surface area (TPSA) is 73.9 Å². The number of carbonyl (C=O) groups excluding carboxylic acids is 2. The number of hydrogen-bond donors (Lipinski definition) is 1. The van der Waals surface area contributed by atoms with Crippen molar-refractivity contribution >= 4 is 17.9 Å². The summed E-state index contributed by atoms with van der Waals surface area (Å²) in [6, 6.07) is 9.14. The van der Waals surface area contributed by atoms with Gasteiger partial charge in [-0.15, -0.1) is 0 Å². The lowest BCUT2D eigenvalue weighted by Crippen LogP contribution is -2.22. The molecule has 0 aliphatic carbocycles. The average Bonchev–Trinajstić information content (AvgIpc) is 2.71. The summed E-state index contributed by atoms with van der Waals surface area (Å²) in [5.41, 5.74) is 3.38. The standard InChI is InChI=1S/C23H29NO5/c1-14(2)17-8-7-9-18(15(3)4)22(17)24-21(26)13-29-23-19(27-5)10-16(12-25)11-20(23)28-6/h7-12,14-15H,13H2,1-6H3,(H,24,26). The van der Waals surface area contributed by atoms with Gasteiger partial charge in [0.1, 0.15) is 6.29 Å². The summed E-state index contributed by atoms with van der Waals surface area (Å²) in [7, 11) is 2.92. The second kappa shape index (κ2) is 9.96. The van der Waals surface area contributed by atoms with Crippen LogP contribution in [0.5, 0.6) is 17.2 Å². The van der Waals surface area contributed by atoms with E-state index in [0.29, 0.717) is 23.3 Å². The molecule has 156 valence electrons. The first-order chi connectivity index (χ1) is 13.8. The van der Waals surface area contributed by atoms with Crippen LogP contribution >= 0.6 is 0 Å². The van der Waals surface area contributed by atoms with Crippen LogP contribution in [0, 0.1) is 0 Å². The molecule has 1 N–H and O–H groups in total. The van der Waals surface area contributed by atoms with Crippen molar-refractivity contribution < 1.29 is 23.8 Å². The Labute approximate surface area is 172 Å². The maximum Gasteiger partial charge on any atom is 0.262 e. The summed E-state index contributed by atoms with van der Waals surface area (Å²) in [5, 5.41) is 3.01. The molecular weight excluding hydrogens is 370 g/mol. The highest BCUT2D eigenvalue weighted by atomic mass is 16.5. The Balaban J connectivity index is 2.25. The zero-order valence-electron chi connectivity index (χ0n) is 17.9. The minimum atomic E-state index is -0.288. The first kappa shape index (κ1) is 22.3. The fourth-order valence-electron chi connectivity index (χ4n) is 3.12. The Morgan fingerprint density at radius 2 is 1.52 bits per heavy atom. The molecule has 2 aromatic rings. The van der Waals surface area contributed by atoms with Gasteiger partial charge in [0.2, 0.25) is 5.75 Å². The highest BCUT2D eigenvalue weighted by Crippen LogP contribution is 2.38. The van der Waals surface area contributed by atoms with Crippen LogP contribution in [0.3, 0.4) is 0 Å². The maximum absolute atomic E-state index is 12.7. The van der Waals surface area contributed by atoms with Gasteiger partial charge in [0.15, 0.2) is 18.1 Å². The third-order valence-corrected chi connectivity index (χ3v) is 4.60. The van der Waals surface area contributed by atoms with Crippen LogP contribution in [0.15, 0.2) is 30.3 Å². The second-order valence-electron chi connectivity index (χ2n) is 7.33. The van der Waals surface area contributed by atoms with E-state index in [-0.39, 0.29) is 30.1 Å². The maximum atomic E-state index is 12.7. The third-order valence-electron chi connectivity index (χ3n) is 4.60. The normalized spacial score (nSPS) is 10.8. The molecule has 0 bridgehead atoms. The Bertz CT molecular complexity index is 822. The molecule has 1 amide bonds. The summed E-state index contributed by atoms with van der Waals surface area (Å²) in [6.45, 7) is 8.15. The number of aldehydes is 1. The summed E-state index contributed by atoms with van der Waals surface area (Å²) in [4.78, 5) is 23.8. The van der Waals surface area contributed by atoms with E-state index in [9.17, 15) is 9.59 Å². The largest absolute Gasteiger partial charge is 0.493 e. The van der Waals surface area contributed by atoms with Gasteiger partial charge in [-0.2, -0.15) is 0 Å². The molecule has 0 spiro atoms. The molecule has 0 saturated carbocycles. The number of rotatable bonds is 9. The van der Waals surface area contributed by atoms with E-state index in [2.05, 4.69) is 33.0 Å². The van der Waals surface area contributed by atoms with Gasteiger partial charge in [-0.3, -0.25) is 9.59 Å². The molecule has 0 atom stereocenters. The molecule has 29 heavy (non-hydrogen) atoms. The van der Waals surface area contributed by atoms with Gasteiger partial charge >= 0.3 is 0 Å². The van der Waals surface area contributed by atoms with E-state index in [1.807, 2.05) is 18.2 Å². The summed E-state index contributed by atoms with van der Waals surface area (Å²) >= 11 is 0. The number of anilines is 1. The fourth-order valence-corrected chi connectivity index (χ4v) is 3.12. The van der Waals surface area contributed by atoms with Crippen LogP contribution in [-0.2, 0) is 4.79 Å². The van der Waals surface area contributed by atoms with Crippen molar-refractivity contribution in [3.8, 4) is 17.2 Å². The van der Waals surface area contributed by atoms with Gasteiger partial charge in [0, 0.05) is 11.3 Å². The monoisotopic (exact) mass is 399 g/mol. The van der Waals surface area contributed by atoms with Crippen molar-refractivity contribution in [1.82, 2.24) is 0 Å². The lowest BCUT2D eigenvalue weighted by molar-refractivity contribution is -0.118. The molecule has 6 nitrogen and oxygen atoms in total. The average molecular weight is 399 g/mol. The Kier molecular flexibility index (Phi) is 7.65. The summed E-state index contributed by atoms with van der Waals surface area (Å²) < 4.78 is 16.3. The molecular formula is C23H29NO5. The van der Waals surface area contributed by atoms with Crippen LogP contribution in [0.4, 0.5) is 5.69 Å². The van der Waals surface area contributed by atoms with Crippen LogP contribution in [-0.4, -0.2) is 33.0 Å². The zero-order valence-corrected chi connectivity index (χ0v) is 17.9. The highest BCUT2D eigenvalue weighted by Gasteiger charge is 2.19. The predicted molar refractivity (Wildman–Crippen MR) is 114 cm³/mol. The van der Waals surface area contributed by atoms with Crippen LogP contribution < -0.4 is 19.5 Å². The minimum Gasteiger partial charge on any atom is -0.493 e. The van der Waals surface area contributed by atoms with E-state index >= 15 is 0 Å². The number of para-hydroxylation sites is 1. The number of amides is 1. The van der Waals surface area contributed by atoms with Crippen molar-refractivity contribution in [3.63, 3.8) is 0 Å². The molecule has 0 aromatic heterocycles. The Hall–Kier alpha value is -3.02. The number of methoxy groups -OCH3 is 2. The lowest BCUT2D eigenvalue weighted by Gasteiger charge is -2.20. The SMILES string of the molecule is COc1cc(C=O)cc(OC)c1OCC(=O)Nc1c(C(C)C)cccc1C(C)C. The minimum absolute atomic E-state index is 0.225. The van der Waals surface area contributed by atoms with Gasteiger partial charge in [-0.1, -0.05) is 45.9 Å². The second-order valence-corrected chi connectivity index (χ2v) is 7.33. The molecule has 0 fully saturated rings. The van der Waals surface area contributed by atoms with Crippen molar-refractivity contribution in [2.75, 3.05) is 26.1 Å². The van der Waals surface area contributed by atoms with E-state index in [0.717, 1.165) is 16.8 Å². The van der Waals surface area contributed by atoms with E-state index in [1.54, 1.807) is 0 Å². The van der Waals surface area contributed by atoms with E-state index in [1.165, 1.54) is 26.4 Å². The Morgan fingerprint density at radius 3 is 1.93 bits per heavy atom. The molecule has 0 aliphatic rings. The summed E-state index contributed by atoms with van der Waals surface area (Å²) in [5.74, 6) is 1.16. The third kappa shape index (κ3) is 5.28. The van der Waals surface area contributed by atoms with Gasteiger partial charge in [-0.25, -0.2) is 0 Å².